The molecular weight excluding hydrogens is 328 g/mol. The van der Waals surface area contributed by atoms with Crippen molar-refractivity contribution in [1.29, 1.82) is 0 Å². The van der Waals surface area contributed by atoms with E-state index in [1.165, 1.54) is 57.8 Å². The molecule has 26 heavy (non-hydrogen) atoms. The zero-order valence-corrected chi connectivity index (χ0v) is 15.4. The van der Waals surface area contributed by atoms with Crippen LogP contribution in [0, 0.1) is 17.8 Å². The predicted molar refractivity (Wildman–Crippen MR) is 101 cm³/mol. The van der Waals surface area contributed by atoms with Gasteiger partial charge in [-0.3, -0.25) is 0 Å². The second-order valence-corrected chi connectivity index (χ2v) is 9.05. The summed E-state index contributed by atoms with van der Waals surface area (Å²) in [5.74, 6) is 4.53. The number of nitrogens with one attached hydrogen (secondary N) is 3. The lowest BCUT2D eigenvalue weighted by molar-refractivity contribution is 0.0103. The first kappa shape index (κ1) is 16.5. The third-order valence-corrected chi connectivity index (χ3v) is 6.88. The molecule has 5 saturated carbocycles. The van der Waals surface area contributed by atoms with E-state index >= 15 is 0 Å². The van der Waals surface area contributed by atoms with Crippen molar-refractivity contribution in [3.8, 4) is 0 Å². The standard InChI is InChI=1S/C19H30N6O/c26-5-4-20-16-22-17(21-15-2-1-3-15)24-18(23-16)25-19-9-12-6-13(10-19)8-14(7-12)11-19/h12-15,26H,1-11H2,(H3,20,21,22,23,24,25). The van der Waals surface area contributed by atoms with Crippen LogP contribution in [0.2, 0.25) is 0 Å². The fourth-order valence-electron chi connectivity index (χ4n) is 5.98. The lowest BCUT2D eigenvalue weighted by Gasteiger charge is -2.56. The molecule has 4 N–H and O–H groups in total. The Bertz CT molecular complexity index is 626. The first-order valence-electron chi connectivity index (χ1n) is 10.4. The lowest BCUT2D eigenvalue weighted by atomic mass is 9.53. The highest BCUT2D eigenvalue weighted by molar-refractivity contribution is 5.44. The Morgan fingerprint density at radius 2 is 1.50 bits per heavy atom. The summed E-state index contributed by atoms with van der Waals surface area (Å²) in [7, 11) is 0. The molecule has 0 amide bonds. The molecule has 7 nitrogen and oxygen atoms in total. The summed E-state index contributed by atoms with van der Waals surface area (Å²) >= 11 is 0. The minimum Gasteiger partial charge on any atom is -0.395 e. The molecule has 5 aliphatic carbocycles. The quantitative estimate of drug-likeness (QED) is 0.595. The van der Waals surface area contributed by atoms with Crippen molar-refractivity contribution >= 4 is 17.8 Å². The molecule has 6 rings (SSSR count). The van der Waals surface area contributed by atoms with E-state index in [0.717, 1.165) is 17.8 Å². The van der Waals surface area contributed by atoms with Gasteiger partial charge in [0.1, 0.15) is 0 Å². The maximum atomic E-state index is 9.10. The van der Waals surface area contributed by atoms with Gasteiger partial charge in [-0.1, -0.05) is 0 Å². The second kappa shape index (κ2) is 6.51. The number of aliphatic hydroxyl groups is 1. The average Bonchev–Trinajstić information content (AvgIpc) is 2.54. The molecule has 0 unspecified atom stereocenters. The molecule has 0 spiro atoms. The van der Waals surface area contributed by atoms with Crippen molar-refractivity contribution in [1.82, 2.24) is 15.0 Å². The summed E-state index contributed by atoms with van der Waals surface area (Å²) in [6, 6.07) is 0.482. The first-order valence-corrected chi connectivity index (χ1v) is 10.4. The van der Waals surface area contributed by atoms with E-state index in [4.69, 9.17) is 10.1 Å². The highest BCUT2D eigenvalue weighted by atomic mass is 16.3. The van der Waals surface area contributed by atoms with E-state index < -0.39 is 0 Å². The molecular formula is C19H30N6O. The second-order valence-electron chi connectivity index (χ2n) is 9.05. The van der Waals surface area contributed by atoms with Crippen LogP contribution >= 0.6 is 0 Å². The van der Waals surface area contributed by atoms with Gasteiger partial charge in [-0.15, -0.1) is 0 Å². The fraction of sp³-hybridized carbons (Fsp3) is 0.842. The Morgan fingerprint density at radius 1 is 0.885 bits per heavy atom. The molecule has 1 aromatic rings. The summed E-state index contributed by atoms with van der Waals surface area (Å²) in [6.07, 6.45) is 11.7. The van der Waals surface area contributed by atoms with Crippen molar-refractivity contribution in [3.63, 3.8) is 0 Å². The summed E-state index contributed by atoms with van der Waals surface area (Å²) in [5.41, 5.74) is 0.179. The van der Waals surface area contributed by atoms with Crippen LogP contribution in [0.3, 0.4) is 0 Å². The lowest BCUT2D eigenvalue weighted by Crippen LogP contribution is -2.55. The molecule has 1 aromatic heterocycles. The number of hydrogen-bond donors (Lipinski definition) is 4. The van der Waals surface area contributed by atoms with Crippen LogP contribution < -0.4 is 16.0 Å². The summed E-state index contributed by atoms with van der Waals surface area (Å²) < 4.78 is 0. The predicted octanol–water partition coefficient (Wildman–Crippen LogP) is 2.62. The van der Waals surface area contributed by atoms with E-state index in [1.54, 1.807) is 0 Å². The monoisotopic (exact) mass is 358 g/mol. The molecule has 0 aliphatic heterocycles. The molecule has 5 fully saturated rings. The molecule has 0 atom stereocenters. The number of anilines is 3. The van der Waals surface area contributed by atoms with Crippen LogP contribution in [-0.4, -0.2) is 44.8 Å². The van der Waals surface area contributed by atoms with Crippen molar-refractivity contribution in [2.24, 2.45) is 17.8 Å². The Kier molecular flexibility index (Phi) is 4.14. The van der Waals surface area contributed by atoms with Crippen LogP contribution in [0.1, 0.15) is 57.8 Å². The number of aliphatic hydroxyl groups excluding tert-OH is 1. The number of aromatic nitrogens is 3. The highest BCUT2D eigenvalue weighted by Crippen LogP contribution is 2.56. The van der Waals surface area contributed by atoms with E-state index in [-0.39, 0.29) is 12.1 Å². The average molecular weight is 358 g/mol. The van der Waals surface area contributed by atoms with Crippen LogP contribution in [0.5, 0.6) is 0 Å². The molecule has 0 aromatic carbocycles. The zero-order chi connectivity index (χ0) is 17.6. The van der Waals surface area contributed by atoms with Gasteiger partial charge in [0, 0.05) is 18.1 Å². The SMILES string of the molecule is OCCNc1nc(NC2CCC2)nc(NC23CC4CC(CC(C4)C2)C3)n1. The minimum absolute atomic E-state index is 0.0643. The van der Waals surface area contributed by atoms with Crippen molar-refractivity contribution in [3.05, 3.63) is 0 Å². The Hall–Kier alpha value is -1.63. The molecule has 0 radical (unpaired) electrons. The van der Waals surface area contributed by atoms with Crippen LogP contribution in [0.25, 0.3) is 0 Å². The van der Waals surface area contributed by atoms with E-state index in [2.05, 4.69) is 25.9 Å². The van der Waals surface area contributed by atoms with E-state index in [9.17, 15) is 0 Å². The smallest absolute Gasteiger partial charge is 0.229 e. The zero-order valence-electron chi connectivity index (χ0n) is 15.4. The maximum Gasteiger partial charge on any atom is 0.229 e. The number of hydrogen-bond acceptors (Lipinski definition) is 7. The summed E-state index contributed by atoms with van der Waals surface area (Å²) in [4.78, 5) is 13.8. The van der Waals surface area contributed by atoms with Gasteiger partial charge in [0.25, 0.3) is 0 Å². The van der Waals surface area contributed by atoms with Gasteiger partial charge in [0.2, 0.25) is 17.8 Å². The molecule has 5 aliphatic rings. The van der Waals surface area contributed by atoms with Crippen molar-refractivity contribution < 1.29 is 5.11 Å². The molecule has 4 bridgehead atoms. The van der Waals surface area contributed by atoms with Crippen LogP contribution in [0.4, 0.5) is 17.8 Å². The van der Waals surface area contributed by atoms with Gasteiger partial charge in [0.05, 0.1) is 6.61 Å². The van der Waals surface area contributed by atoms with Crippen molar-refractivity contribution in [2.45, 2.75) is 69.4 Å². The largest absolute Gasteiger partial charge is 0.395 e. The molecule has 7 heteroatoms. The van der Waals surface area contributed by atoms with Gasteiger partial charge >= 0.3 is 0 Å². The van der Waals surface area contributed by atoms with Gasteiger partial charge < -0.3 is 21.1 Å². The topological polar surface area (TPSA) is 95.0 Å². The van der Waals surface area contributed by atoms with Crippen molar-refractivity contribution in [2.75, 3.05) is 29.1 Å². The maximum absolute atomic E-state index is 9.10. The third-order valence-electron chi connectivity index (χ3n) is 6.88. The van der Waals surface area contributed by atoms with Gasteiger partial charge in [-0.25, -0.2) is 0 Å². The fourth-order valence-corrected chi connectivity index (χ4v) is 5.98. The Morgan fingerprint density at radius 3 is 2.08 bits per heavy atom. The highest BCUT2D eigenvalue weighted by Gasteiger charge is 2.51. The normalized spacial score (nSPS) is 35.2. The third kappa shape index (κ3) is 3.21. The Balaban J connectivity index is 1.37. The minimum atomic E-state index is 0.0643. The van der Waals surface area contributed by atoms with E-state index in [0.29, 0.717) is 30.4 Å². The summed E-state index contributed by atoms with van der Waals surface area (Å²) in [6.45, 7) is 0.512. The van der Waals surface area contributed by atoms with Crippen LogP contribution in [0.15, 0.2) is 0 Å². The summed E-state index contributed by atoms with van der Waals surface area (Å²) in [5, 5.41) is 19.4. The number of rotatable bonds is 7. The van der Waals surface area contributed by atoms with Gasteiger partial charge in [0.15, 0.2) is 0 Å². The molecule has 0 saturated heterocycles. The molecule has 1 heterocycles. The van der Waals surface area contributed by atoms with E-state index in [1.807, 2.05) is 0 Å². The molecule has 142 valence electrons. The Labute approximate surface area is 154 Å². The first-order chi connectivity index (χ1) is 12.7. The number of nitrogens with zero attached hydrogens (tertiary/aromatic N) is 3. The van der Waals surface area contributed by atoms with Gasteiger partial charge in [-0.05, 0) is 75.5 Å². The van der Waals surface area contributed by atoms with Gasteiger partial charge in [-0.2, -0.15) is 15.0 Å². The van der Waals surface area contributed by atoms with Crippen LogP contribution in [-0.2, 0) is 0 Å².